The van der Waals surface area contributed by atoms with Crippen LogP contribution in [-0.4, -0.2) is 40.3 Å². The molecule has 7 nitrogen and oxygen atoms in total. The summed E-state index contributed by atoms with van der Waals surface area (Å²) < 4.78 is 12.3. The molecule has 9 heteroatoms. The number of unbranched alkanes of at least 4 members (excludes halogenated alkanes) is 1. The van der Waals surface area contributed by atoms with Gasteiger partial charge >= 0.3 is 11.9 Å². The van der Waals surface area contributed by atoms with Gasteiger partial charge in [-0.05, 0) is 105 Å². The predicted molar refractivity (Wildman–Crippen MR) is 174 cm³/mol. The van der Waals surface area contributed by atoms with Gasteiger partial charge in [0.15, 0.2) is 0 Å². The van der Waals surface area contributed by atoms with Gasteiger partial charge in [0.25, 0.3) is 0 Å². The van der Waals surface area contributed by atoms with Crippen LogP contribution in [0.2, 0.25) is 0 Å². The van der Waals surface area contributed by atoms with Gasteiger partial charge < -0.3 is 19.9 Å². The Morgan fingerprint density at radius 1 is 1.20 bits per heavy atom. The van der Waals surface area contributed by atoms with Crippen molar-refractivity contribution < 1.29 is 24.2 Å². The van der Waals surface area contributed by atoms with E-state index in [9.17, 15) is 14.7 Å². The lowest BCUT2D eigenvalue weighted by Crippen LogP contribution is -2.53. The third kappa shape index (κ3) is 4.89. The average molecular weight is 635 g/mol. The number of rotatable bonds is 5. The molecule has 6 atom stereocenters. The highest BCUT2D eigenvalue weighted by molar-refractivity contribution is 8.76. The molecule has 1 saturated carbocycles. The Hall–Kier alpha value is -2.49. The maximum Gasteiger partial charge on any atom is 0.340 e. The third-order valence-electron chi connectivity index (χ3n) is 10.7. The normalized spacial score (nSPS) is 33.9. The van der Waals surface area contributed by atoms with Crippen LogP contribution in [0.3, 0.4) is 0 Å². The summed E-state index contributed by atoms with van der Waals surface area (Å²) in [5.41, 5.74) is 4.26. The number of aliphatic hydroxyl groups is 1. The Bertz CT molecular complexity index is 1480. The third-order valence-corrected chi connectivity index (χ3v) is 13.1. The van der Waals surface area contributed by atoms with Gasteiger partial charge in [0.05, 0.1) is 16.9 Å². The van der Waals surface area contributed by atoms with E-state index in [2.05, 4.69) is 48.4 Å². The van der Waals surface area contributed by atoms with Crippen LogP contribution in [0.4, 0.5) is 5.82 Å². The van der Waals surface area contributed by atoms with Gasteiger partial charge in [-0.15, -0.1) is 0 Å². The van der Waals surface area contributed by atoms with Gasteiger partial charge in [-0.2, -0.15) is 0 Å². The number of nitrogens with one attached hydrogen (secondary N) is 1. The van der Waals surface area contributed by atoms with Crippen LogP contribution in [0.25, 0.3) is 0 Å². The molecule has 3 aliphatic heterocycles. The Balaban J connectivity index is 1.46. The summed E-state index contributed by atoms with van der Waals surface area (Å²) in [6.45, 7) is 4.47. The molecular weight excluding hydrogens is 593 g/mol. The lowest BCUT2D eigenvalue weighted by Gasteiger charge is -2.57. The number of aliphatic hydroxyl groups excluding tert-OH is 1. The smallest absolute Gasteiger partial charge is 0.340 e. The van der Waals surface area contributed by atoms with E-state index in [0.717, 1.165) is 103 Å². The second kappa shape index (κ2) is 12.4. The van der Waals surface area contributed by atoms with Crippen LogP contribution in [0.1, 0.15) is 83.1 Å². The van der Waals surface area contributed by atoms with Gasteiger partial charge in [0.2, 0.25) is 0 Å². The first-order valence-electron chi connectivity index (χ1n) is 16.4. The number of nitrogens with zero attached hydrogens (tertiary/aromatic N) is 1. The molecule has 7 aliphatic rings. The Morgan fingerprint density at radius 3 is 2.93 bits per heavy atom. The van der Waals surface area contributed by atoms with Crippen molar-refractivity contribution in [1.29, 1.82) is 0 Å². The Labute approximate surface area is 267 Å². The molecule has 0 aromatic carbocycles. The van der Waals surface area contributed by atoms with Gasteiger partial charge in [-0.1, -0.05) is 41.9 Å². The number of pyridine rings is 1. The second-order valence-electron chi connectivity index (χ2n) is 13.2. The molecule has 44 heavy (non-hydrogen) atoms. The number of esters is 2. The average Bonchev–Trinajstić information content (AvgIpc) is 3.52. The monoisotopic (exact) mass is 634 g/mol. The standard InChI is InChI=1S/C35H42N2O5S2/c1-3-4-7-26-25-10-9-24-23-12-14-35(31(24)30(25)33(39)41-26)27-11-8-20(2)18-43-44-19-37-28-17-21(13-15-36-28)22(6-5-16-38)29(23)32(35)34(40)42-27/h7,11,13,15,17,20,22-24,31,38H,3-6,8-10,12,14,16,18-19H2,1-2H3,(H,36,37). The van der Waals surface area contributed by atoms with Gasteiger partial charge in [-0.25, -0.2) is 14.6 Å². The maximum absolute atomic E-state index is 14.2. The highest BCUT2D eigenvalue weighted by atomic mass is 33.1. The molecule has 0 radical (unpaired) electrons. The van der Waals surface area contributed by atoms with E-state index < -0.39 is 5.41 Å². The first-order valence-corrected chi connectivity index (χ1v) is 18.8. The summed E-state index contributed by atoms with van der Waals surface area (Å²) in [5.74, 6) is 4.16. The van der Waals surface area contributed by atoms with Crippen molar-refractivity contribution in [2.45, 2.75) is 77.6 Å². The minimum absolute atomic E-state index is 0.0435. The lowest BCUT2D eigenvalue weighted by atomic mass is 9.43. The number of allylic oxidation sites excluding steroid dienone is 5. The number of carbonyl (C=O) groups is 2. The number of ether oxygens (including phenoxy) is 2. The first kappa shape index (κ1) is 30.2. The van der Waals surface area contributed by atoms with E-state index in [1.54, 1.807) is 10.8 Å². The zero-order chi connectivity index (χ0) is 30.4. The number of carbonyl (C=O) groups excluding carboxylic acids is 2. The Morgan fingerprint density at radius 2 is 2.09 bits per heavy atom. The Kier molecular flexibility index (Phi) is 8.48. The molecule has 4 heterocycles. The van der Waals surface area contributed by atoms with Crippen molar-refractivity contribution in [1.82, 2.24) is 4.98 Å². The van der Waals surface area contributed by atoms with E-state index in [1.807, 2.05) is 17.0 Å². The summed E-state index contributed by atoms with van der Waals surface area (Å²) in [6, 6.07) is 4.19. The highest BCUT2D eigenvalue weighted by Crippen LogP contribution is 2.72. The minimum Gasteiger partial charge on any atom is -0.427 e. The highest BCUT2D eigenvalue weighted by Gasteiger charge is 2.68. The van der Waals surface area contributed by atoms with Crippen LogP contribution < -0.4 is 5.32 Å². The topological polar surface area (TPSA) is 97.8 Å². The molecule has 4 aliphatic carbocycles. The quantitative estimate of drug-likeness (QED) is 0.253. The fourth-order valence-electron chi connectivity index (χ4n) is 8.93. The zero-order valence-corrected chi connectivity index (χ0v) is 27.2. The fourth-order valence-corrected chi connectivity index (χ4v) is 11.1. The lowest BCUT2D eigenvalue weighted by molar-refractivity contribution is -0.135. The van der Waals surface area contributed by atoms with Crippen LogP contribution in [0.15, 0.2) is 64.3 Å². The van der Waals surface area contributed by atoms with Gasteiger partial charge in [-0.3, -0.25) is 0 Å². The van der Waals surface area contributed by atoms with E-state index in [-0.39, 0.29) is 42.2 Å². The molecule has 2 fully saturated rings. The molecule has 1 spiro atoms. The van der Waals surface area contributed by atoms with E-state index in [1.165, 1.54) is 5.57 Å². The summed E-state index contributed by atoms with van der Waals surface area (Å²) in [5, 5.41) is 13.4. The molecule has 0 amide bonds. The largest absolute Gasteiger partial charge is 0.427 e. The summed E-state index contributed by atoms with van der Waals surface area (Å²) in [4.78, 5) is 32.6. The van der Waals surface area contributed by atoms with Crippen molar-refractivity contribution in [3.63, 3.8) is 0 Å². The molecule has 6 unspecified atom stereocenters. The van der Waals surface area contributed by atoms with Gasteiger partial charge in [0.1, 0.15) is 17.3 Å². The van der Waals surface area contributed by atoms with E-state index in [4.69, 9.17) is 9.47 Å². The maximum atomic E-state index is 14.2. The zero-order valence-electron chi connectivity index (χ0n) is 25.6. The number of hydrogen-bond donors (Lipinski definition) is 2. The van der Waals surface area contributed by atoms with Crippen molar-refractivity contribution in [2.24, 2.45) is 29.1 Å². The van der Waals surface area contributed by atoms with E-state index >= 15 is 0 Å². The fraction of sp³-hybridized carbons (Fsp3) is 0.571. The molecule has 1 aromatic rings. The number of fused-ring (bicyclic) bond motifs is 3. The SMILES string of the molecule is CCCC=C1OC(=O)C2=C1CCC1C3CCC4(C5=CCC(C)CSSCNc6cc(ccn6)C(CCCO)C3=C4C(=O)O5)C21. The van der Waals surface area contributed by atoms with Crippen molar-refractivity contribution in [3.05, 3.63) is 69.9 Å². The van der Waals surface area contributed by atoms with Crippen LogP contribution >= 0.6 is 21.6 Å². The minimum atomic E-state index is -0.670. The number of hydrogen-bond acceptors (Lipinski definition) is 9. The number of anilines is 1. The summed E-state index contributed by atoms with van der Waals surface area (Å²) >= 11 is 0. The van der Waals surface area contributed by atoms with Crippen LogP contribution in [0, 0.1) is 29.1 Å². The molecule has 1 saturated heterocycles. The van der Waals surface area contributed by atoms with Crippen LogP contribution in [-0.2, 0) is 19.1 Å². The second-order valence-corrected chi connectivity index (χ2v) is 15.7. The number of aromatic nitrogens is 1. The molecule has 234 valence electrons. The van der Waals surface area contributed by atoms with Gasteiger partial charge in [0, 0.05) is 41.5 Å². The summed E-state index contributed by atoms with van der Waals surface area (Å²) in [7, 11) is 3.63. The molecular formula is C35H42N2O5S2. The molecule has 1 aromatic heterocycles. The molecule has 2 N–H and O–H groups in total. The molecule has 8 rings (SSSR count). The van der Waals surface area contributed by atoms with Crippen LogP contribution in [0.5, 0.6) is 0 Å². The predicted octanol–water partition coefficient (Wildman–Crippen LogP) is 7.44. The van der Waals surface area contributed by atoms with Crippen molar-refractivity contribution in [3.8, 4) is 0 Å². The first-order chi connectivity index (χ1) is 21.5. The number of cyclic esters (lactones) is 1. The summed E-state index contributed by atoms with van der Waals surface area (Å²) in [6.07, 6.45) is 13.7. The van der Waals surface area contributed by atoms with Crippen molar-refractivity contribution >= 4 is 39.3 Å². The van der Waals surface area contributed by atoms with Crippen molar-refractivity contribution in [2.75, 3.05) is 23.6 Å². The van der Waals surface area contributed by atoms with E-state index in [0.29, 0.717) is 12.3 Å². The molecule has 7 bridgehead atoms.